The molecule has 114 valence electrons. The smallest absolute Gasteiger partial charge is 0.257 e. The molecule has 0 aliphatic rings. The van der Waals surface area contributed by atoms with Gasteiger partial charge in [0.25, 0.3) is 5.91 Å². The number of rotatable bonds is 3. The van der Waals surface area contributed by atoms with Crippen molar-refractivity contribution in [1.82, 2.24) is 0 Å². The van der Waals surface area contributed by atoms with Crippen LogP contribution in [0.3, 0.4) is 0 Å². The summed E-state index contributed by atoms with van der Waals surface area (Å²) >= 11 is 9.26. The topological polar surface area (TPSA) is 58.2 Å². The van der Waals surface area contributed by atoms with Gasteiger partial charge in [0.1, 0.15) is 5.82 Å². The number of carbonyl (C=O) groups excluding carboxylic acids is 2. The summed E-state index contributed by atoms with van der Waals surface area (Å²) in [6.07, 6.45) is 0. The maximum atomic E-state index is 13.5. The summed E-state index contributed by atoms with van der Waals surface area (Å²) in [6.45, 7) is 1.27. The first-order valence-corrected chi connectivity index (χ1v) is 7.37. The van der Waals surface area contributed by atoms with Gasteiger partial charge in [-0.15, -0.1) is 0 Å². The van der Waals surface area contributed by atoms with Crippen LogP contribution in [-0.4, -0.2) is 11.8 Å². The van der Waals surface area contributed by atoms with Gasteiger partial charge in [-0.1, -0.05) is 27.5 Å². The fourth-order valence-electron chi connectivity index (χ4n) is 1.76. The number of carbonyl (C=O) groups is 2. The summed E-state index contributed by atoms with van der Waals surface area (Å²) < 4.78 is 14.3. The van der Waals surface area contributed by atoms with Crippen molar-refractivity contribution in [3.63, 3.8) is 0 Å². The van der Waals surface area contributed by atoms with Crippen molar-refractivity contribution in [2.75, 3.05) is 10.6 Å². The highest BCUT2D eigenvalue weighted by atomic mass is 79.9. The normalized spacial score (nSPS) is 10.2. The van der Waals surface area contributed by atoms with Crippen molar-refractivity contribution in [3.05, 3.63) is 57.3 Å². The third-order valence-corrected chi connectivity index (χ3v) is 3.52. The van der Waals surface area contributed by atoms with Crippen LogP contribution in [0.2, 0.25) is 5.02 Å². The predicted octanol–water partition coefficient (Wildman–Crippen LogP) is 4.45. The molecule has 0 bridgehead atoms. The second-order valence-electron chi connectivity index (χ2n) is 4.45. The molecule has 0 spiro atoms. The zero-order valence-corrected chi connectivity index (χ0v) is 13.8. The first-order chi connectivity index (χ1) is 10.4. The van der Waals surface area contributed by atoms with E-state index in [2.05, 4.69) is 26.6 Å². The number of nitrogens with one attached hydrogen (secondary N) is 2. The van der Waals surface area contributed by atoms with Gasteiger partial charge in [-0.2, -0.15) is 0 Å². The Morgan fingerprint density at radius 1 is 1.14 bits per heavy atom. The SMILES string of the molecule is CC(=O)Nc1cc(NC(=O)c2ccc(Br)cc2Cl)ccc1F. The number of benzene rings is 2. The minimum Gasteiger partial charge on any atom is -0.324 e. The lowest BCUT2D eigenvalue weighted by atomic mass is 10.2. The molecule has 2 aromatic rings. The Morgan fingerprint density at radius 2 is 1.86 bits per heavy atom. The molecule has 0 saturated carbocycles. The van der Waals surface area contributed by atoms with Crippen LogP contribution in [0, 0.1) is 5.82 Å². The predicted molar refractivity (Wildman–Crippen MR) is 87.8 cm³/mol. The molecule has 2 amide bonds. The van der Waals surface area contributed by atoms with E-state index in [9.17, 15) is 14.0 Å². The Hall–Kier alpha value is -1.92. The third-order valence-electron chi connectivity index (χ3n) is 2.71. The van der Waals surface area contributed by atoms with Crippen molar-refractivity contribution in [2.24, 2.45) is 0 Å². The van der Waals surface area contributed by atoms with E-state index in [1.807, 2.05) is 0 Å². The molecule has 0 aliphatic heterocycles. The van der Waals surface area contributed by atoms with Crippen molar-refractivity contribution in [2.45, 2.75) is 6.92 Å². The lowest BCUT2D eigenvalue weighted by molar-refractivity contribution is -0.114. The highest BCUT2D eigenvalue weighted by Crippen LogP contribution is 2.24. The van der Waals surface area contributed by atoms with Gasteiger partial charge in [0, 0.05) is 17.1 Å². The van der Waals surface area contributed by atoms with Crippen molar-refractivity contribution in [1.29, 1.82) is 0 Å². The van der Waals surface area contributed by atoms with Gasteiger partial charge in [-0.3, -0.25) is 9.59 Å². The Balaban J connectivity index is 2.23. The van der Waals surface area contributed by atoms with E-state index >= 15 is 0 Å². The molecule has 0 saturated heterocycles. The molecule has 0 heterocycles. The van der Waals surface area contributed by atoms with E-state index in [-0.39, 0.29) is 16.3 Å². The van der Waals surface area contributed by atoms with Crippen LogP contribution in [0.25, 0.3) is 0 Å². The van der Waals surface area contributed by atoms with Gasteiger partial charge in [-0.05, 0) is 36.4 Å². The largest absolute Gasteiger partial charge is 0.324 e. The van der Waals surface area contributed by atoms with Crippen LogP contribution in [0.5, 0.6) is 0 Å². The molecule has 7 heteroatoms. The third kappa shape index (κ3) is 4.05. The van der Waals surface area contributed by atoms with Gasteiger partial charge < -0.3 is 10.6 Å². The Labute approximate surface area is 139 Å². The molecule has 0 radical (unpaired) electrons. The van der Waals surface area contributed by atoms with E-state index in [1.165, 1.54) is 19.1 Å². The quantitative estimate of drug-likeness (QED) is 0.820. The summed E-state index contributed by atoms with van der Waals surface area (Å²) in [5, 5.41) is 5.24. The second-order valence-corrected chi connectivity index (χ2v) is 5.78. The first-order valence-electron chi connectivity index (χ1n) is 6.20. The standard InChI is InChI=1S/C15H11BrClFN2O2/c1-8(21)19-14-7-10(3-5-13(14)18)20-15(22)11-4-2-9(16)6-12(11)17/h2-7H,1H3,(H,19,21)(H,20,22). The number of anilines is 2. The van der Waals surface area contributed by atoms with Gasteiger partial charge in [-0.25, -0.2) is 4.39 Å². The molecule has 2 aromatic carbocycles. The maximum absolute atomic E-state index is 13.5. The highest BCUT2D eigenvalue weighted by molar-refractivity contribution is 9.10. The van der Waals surface area contributed by atoms with Gasteiger partial charge in [0.2, 0.25) is 5.91 Å². The molecular weight excluding hydrogens is 375 g/mol. The molecule has 0 aromatic heterocycles. The molecule has 2 N–H and O–H groups in total. The number of hydrogen-bond acceptors (Lipinski definition) is 2. The van der Waals surface area contributed by atoms with Gasteiger partial charge in [0.15, 0.2) is 0 Å². The Bertz CT molecular complexity index is 752. The summed E-state index contributed by atoms with van der Waals surface area (Å²) in [5.41, 5.74) is 0.622. The van der Waals surface area contributed by atoms with Crippen molar-refractivity contribution in [3.8, 4) is 0 Å². The fourth-order valence-corrected chi connectivity index (χ4v) is 2.52. The van der Waals surface area contributed by atoms with Gasteiger partial charge in [0.05, 0.1) is 16.3 Å². The van der Waals surface area contributed by atoms with E-state index in [0.29, 0.717) is 5.69 Å². The van der Waals surface area contributed by atoms with Gasteiger partial charge >= 0.3 is 0 Å². The Kier molecular flexibility index (Phi) is 5.15. The van der Waals surface area contributed by atoms with Crippen LogP contribution in [0.1, 0.15) is 17.3 Å². The fraction of sp³-hybridized carbons (Fsp3) is 0.0667. The molecule has 2 rings (SSSR count). The molecule has 4 nitrogen and oxygen atoms in total. The average Bonchev–Trinajstić information content (AvgIpc) is 2.41. The maximum Gasteiger partial charge on any atom is 0.257 e. The molecule has 0 atom stereocenters. The van der Waals surface area contributed by atoms with E-state index in [1.54, 1.807) is 18.2 Å². The number of amides is 2. The van der Waals surface area contributed by atoms with Crippen LogP contribution in [-0.2, 0) is 4.79 Å². The van der Waals surface area contributed by atoms with Crippen LogP contribution in [0.4, 0.5) is 15.8 Å². The summed E-state index contributed by atoms with van der Waals surface area (Å²) in [5.74, 6) is -1.42. The average molecular weight is 386 g/mol. The van der Waals surface area contributed by atoms with Crippen LogP contribution in [0.15, 0.2) is 40.9 Å². The minimum absolute atomic E-state index is 0.00722. The van der Waals surface area contributed by atoms with E-state index in [0.717, 1.165) is 10.5 Å². The number of hydrogen-bond donors (Lipinski definition) is 2. The lowest BCUT2D eigenvalue weighted by Gasteiger charge is -2.10. The molecule has 22 heavy (non-hydrogen) atoms. The zero-order valence-electron chi connectivity index (χ0n) is 11.4. The molecule has 0 aliphatic carbocycles. The highest BCUT2D eigenvalue weighted by Gasteiger charge is 2.12. The molecule has 0 unspecified atom stereocenters. The van der Waals surface area contributed by atoms with E-state index < -0.39 is 17.6 Å². The van der Waals surface area contributed by atoms with Crippen molar-refractivity contribution >= 4 is 50.7 Å². The van der Waals surface area contributed by atoms with Crippen LogP contribution < -0.4 is 10.6 Å². The zero-order chi connectivity index (χ0) is 16.3. The minimum atomic E-state index is -0.588. The summed E-state index contributed by atoms with van der Waals surface area (Å²) in [4.78, 5) is 23.2. The summed E-state index contributed by atoms with van der Waals surface area (Å²) in [7, 11) is 0. The Morgan fingerprint density at radius 3 is 2.50 bits per heavy atom. The molecular formula is C15H11BrClFN2O2. The first kappa shape index (κ1) is 16.5. The van der Waals surface area contributed by atoms with Crippen LogP contribution >= 0.6 is 27.5 Å². The van der Waals surface area contributed by atoms with E-state index in [4.69, 9.17) is 11.6 Å². The van der Waals surface area contributed by atoms with Crippen molar-refractivity contribution < 1.29 is 14.0 Å². The summed E-state index contributed by atoms with van der Waals surface area (Å²) in [6, 6.07) is 8.74. The number of halogens is 3. The molecule has 0 fully saturated rings. The second kappa shape index (κ2) is 6.89. The lowest BCUT2D eigenvalue weighted by Crippen LogP contribution is -2.13. The monoisotopic (exact) mass is 384 g/mol.